The summed E-state index contributed by atoms with van der Waals surface area (Å²) in [6.07, 6.45) is 6.68. The number of fused-ring (bicyclic) bond motifs is 4. The van der Waals surface area contributed by atoms with Crippen LogP contribution >= 0.6 is 0 Å². The minimum Gasteiger partial charge on any atom is -0.393 e. The van der Waals surface area contributed by atoms with Crippen molar-refractivity contribution in [2.75, 3.05) is 16.3 Å². The molecule has 6 heteroatoms. The highest BCUT2D eigenvalue weighted by atomic mass is 16.3. The van der Waals surface area contributed by atoms with Crippen molar-refractivity contribution < 1.29 is 5.11 Å². The number of nitrogens with zero attached hydrogens (tertiary/aromatic N) is 4. The molecule has 39 heavy (non-hydrogen) atoms. The van der Waals surface area contributed by atoms with Gasteiger partial charge in [0.25, 0.3) is 0 Å². The molecule has 3 aliphatic heterocycles. The van der Waals surface area contributed by atoms with Gasteiger partial charge < -0.3 is 19.9 Å². The van der Waals surface area contributed by atoms with Crippen LogP contribution in [0.4, 0.5) is 11.5 Å². The lowest BCUT2D eigenvalue weighted by Crippen LogP contribution is -2.46. The van der Waals surface area contributed by atoms with E-state index in [4.69, 9.17) is 9.97 Å². The van der Waals surface area contributed by atoms with Gasteiger partial charge in [0.15, 0.2) is 5.82 Å². The third-order valence-corrected chi connectivity index (χ3v) is 9.38. The van der Waals surface area contributed by atoms with Gasteiger partial charge in [-0.25, -0.2) is 9.97 Å². The fourth-order valence-electron chi connectivity index (χ4n) is 7.30. The third-order valence-electron chi connectivity index (χ3n) is 9.38. The molecule has 0 aliphatic carbocycles. The first-order chi connectivity index (χ1) is 18.9. The molecule has 3 atom stereocenters. The molecule has 7 rings (SSSR count). The second-order valence-electron chi connectivity index (χ2n) is 12.3. The zero-order valence-electron chi connectivity index (χ0n) is 23.5. The first-order valence-corrected chi connectivity index (χ1v) is 14.7. The van der Waals surface area contributed by atoms with Crippen molar-refractivity contribution in [1.82, 2.24) is 15.0 Å². The molecular formula is C33H39N5O. The molecule has 2 aromatic carbocycles. The summed E-state index contributed by atoms with van der Waals surface area (Å²) < 4.78 is 0. The molecule has 0 radical (unpaired) electrons. The number of nitrogens with one attached hydrogen (secondary N) is 1. The van der Waals surface area contributed by atoms with E-state index in [1.807, 2.05) is 0 Å². The second-order valence-corrected chi connectivity index (χ2v) is 12.3. The van der Waals surface area contributed by atoms with Crippen molar-refractivity contribution >= 4 is 22.4 Å². The maximum atomic E-state index is 10.6. The monoisotopic (exact) mass is 521 g/mol. The van der Waals surface area contributed by atoms with Crippen molar-refractivity contribution in [3.8, 4) is 11.4 Å². The van der Waals surface area contributed by atoms with Gasteiger partial charge in [-0.1, -0.05) is 38.1 Å². The number of piperidine rings is 1. The van der Waals surface area contributed by atoms with E-state index >= 15 is 0 Å². The van der Waals surface area contributed by atoms with Crippen LogP contribution in [0.25, 0.3) is 22.3 Å². The Bertz CT molecular complexity index is 1540. The van der Waals surface area contributed by atoms with Crippen LogP contribution in [0.15, 0.2) is 42.6 Å². The number of aromatic nitrogens is 3. The Morgan fingerprint density at radius 3 is 2.56 bits per heavy atom. The summed E-state index contributed by atoms with van der Waals surface area (Å²) in [5.74, 6) is 2.42. The van der Waals surface area contributed by atoms with Crippen LogP contribution in [-0.4, -0.2) is 44.8 Å². The van der Waals surface area contributed by atoms with Gasteiger partial charge in [0.1, 0.15) is 5.82 Å². The number of rotatable bonds is 4. The molecule has 202 valence electrons. The van der Waals surface area contributed by atoms with Gasteiger partial charge in [-0.2, -0.15) is 0 Å². The average Bonchev–Trinajstić information content (AvgIpc) is 3.44. The smallest absolute Gasteiger partial charge is 0.162 e. The number of hydrogen-bond acceptors (Lipinski definition) is 5. The minimum atomic E-state index is -0.204. The fraction of sp³-hybridized carbons (Fsp3) is 0.455. The number of aryl methyl sites for hydroxylation is 2. The van der Waals surface area contributed by atoms with Gasteiger partial charge in [0.2, 0.25) is 0 Å². The van der Waals surface area contributed by atoms with Crippen LogP contribution < -0.4 is 9.80 Å². The summed E-state index contributed by atoms with van der Waals surface area (Å²) in [5, 5.41) is 11.8. The Labute approximate surface area is 231 Å². The van der Waals surface area contributed by atoms with Crippen LogP contribution in [0.3, 0.4) is 0 Å². The summed E-state index contributed by atoms with van der Waals surface area (Å²) in [7, 11) is 0. The molecule has 6 nitrogen and oxygen atoms in total. The van der Waals surface area contributed by atoms with Gasteiger partial charge in [0, 0.05) is 65.5 Å². The highest BCUT2D eigenvalue weighted by molar-refractivity contribution is 5.96. The SMILES string of the molecule is Cc1ccc(C(C)C)cc1N1CCc2nc(-c3cccc4[nH]cc(C)c34)nc(N3[C@@H]4CC[C@H]3CC(O)C4)c2C1. The predicted molar refractivity (Wildman–Crippen MR) is 159 cm³/mol. The van der Waals surface area contributed by atoms with E-state index in [0.717, 1.165) is 67.9 Å². The molecule has 4 aromatic rings. The lowest BCUT2D eigenvalue weighted by molar-refractivity contribution is 0.126. The first-order valence-electron chi connectivity index (χ1n) is 14.7. The summed E-state index contributed by atoms with van der Waals surface area (Å²) in [6, 6.07) is 14.0. The van der Waals surface area contributed by atoms with Gasteiger partial charge in [0.05, 0.1) is 11.8 Å². The van der Waals surface area contributed by atoms with Gasteiger partial charge in [-0.15, -0.1) is 0 Å². The summed E-state index contributed by atoms with van der Waals surface area (Å²) in [6.45, 7) is 10.7. The lowest BCUT2D eigenvalue weighted by atomic mass is 9.96. The molecule has 1 unspecified atom stereocenters. The molecule has 2 aromatic heterocycles. The molecule has 0 spiro atoms. The molecule has 2 fully saturated rings. The Hall–Kier alpha value is -3.38. The van der Waals surface area contributed by atoms with Gasteiger partial charge in [-0.3, -0.25) is 0 Å². The van der Waals surface area contributed by atoms with Crippen LogP contribution in [0.5, 0.6) is 0 Å². The maximum Gasteiger partial charge on any atom is 0.162 e. The Morgan fingerprint density at radius 2 is 1.79 bits per heavy atom. The van der Waals surface area contributed by atoms with E-state index in [9.17, 15) is 5.11 Å². The average molecular weight is 522 g/mol. The van der Waals surface area contributed by atoms with Crippen LogP contribution in [0, 0.1) is 13.8 Å². The number of anilines is 2. The number of hydrogen-bond donors (Lipinski definition) is 2. The molecule has 0 saturated carbocycles. The standard InChI is InChI=1S/C33H39N5O/c1-19(2)22-9-8-20(3)30(14-22)37-13-12-28-27(18-37)33(38-23-10-11-24(38)16-25(39)15-23)36-32(35-28)26-6-5-7-29-31(26)21(4)17-34-29/h5-9,14,17,19,23-25,34,39H,10-13,15-16,18H2,1-4H3/t23-,24+,25?. The number of aromatic amines is 1. The molecule has 2 N–H and O–H groups in total. The number of aliphatic hydroxyl groups excluding tert-OH is 1. The summed E-state index contributed by atoms with van der Waals surface area (Å²) >= 11 is 0. The van der Waals surface area contributed by atoms with Crippen LogP contribution in [0.1, 0.15) is 73.4 Å². The van der Waals surface area contributed by atoms with Crippen molar-refractivity contribution in [3.63, 3.8) is 0 Å². The number of H-pyrrole nitrogens is 1. The van der Waals surface area contributed by atoms with Crippen molar-refractivity contribution in [3.05, 3.63) is 70.5 Å². The predicted octanol–water partition coefficient (Wildman–Crippen LogP) is 6.42. The number of benzene rings is 2. The van der Waals surface area contributed by atoms with E-state index in [-0.39, 0.29) is 6.10 Å². The lowest BCUT2D eigenvalue weighted by Gasteiger charge is -2.41. The molecule has 5 heterocycles. The molecule has 3 aliphatic rings. The third kappa shape index (κ3) is 4.11. The normalized spacial score (nSPS) is 22.7. The van der Waals surface area contributed by atoms with E-state index in [0.29, 0.717) is 18.0 Å². The molecule has 2 bridgehead atoms. The van der Waals surface area contributed by atoms with Crippen molar-refractivity contribution in [2.24, 2.45) is 0 Å². The first kappa shape index (κ1) is 24.6. The fourth-order valence-corrected chi connectivity index (χ4v) is 7.30. The Kier molecular flexibility index (Phi) is 5.92. The Morgan fingerprint density at radius 1 is 1.00 bits per heavy atom. The topological polar surface area (TPSA) is 68.3 Å². The summed E-state index contributed by atoms with van der Waals surface area (Å²) in [5.41, 5.74) is 9.92. The van der Waals surface area contributed by atoms with E-state index in [1.165, 1.54) is 39.0 Å². The highest BCUT2D eigenvalue weighted by Gasteiger charge is 2.43. The molecule has 2 saturated heterocycles. The largest absolute Gasteiger partial charge is 0.393 e. The zero-order valence-corrected chi connectivity index (χ0v) is 23.5. The molecule has 0 amide bonds. The maximum absolute atomic E-state index is 10.6. The van der Waals surface area contributed by atoms with Crippen LogP contribution in [-0.2, 0) is 13.0 Å². The van der Waals surface area contributed by atoms with Gasteiger partial charge in [-0.05, 0) is 74.3 Å². The molecular weight excluding hydrogens is 482 g/mol. The van der Waals surface area contributed by atoms with E-state index < -0.39 is 0 Å². The Balaban J connectivity index is 1.37. The number of aliphatic hydroxyl groups is 1. The van der Waals surface area contributed by atoms with E-state index in [1.54, 1.807) is 0 Å². The van der Waals surface area contributed by atoms with Crippen LogP contribution in [0.2, 0.25) is 0 Å². The van der Waals surface area contributed by atoms with Gasteiger partial charge >= 0.3 is 0 Å². The van der Waals surface area contributed by atoms with Crippen molar-refractivity contribution in [2.45, 2.75) is 90.4 Å². The quantitative estimate of drug-likeness (QED) is 0.324. The minimum absolute atomic E-state index is 0.204. The highest BCUT2D eigenvalue weighted by Crippen LogP contribution is 2.43. The van der Waals surface area contributed by atoms with Crippen molar-refractivity contribution in [1.29, 1.82) is 0 Å². The zero-order chi connectivity index (χ0) is 26.8. The van der Waals surface area contributed by atoms with E-state index in [2.05, 4.69) is 85.1 Å². The second kappa shape index (κ2) is 9.37. The summed E-state index contributed by atoms with van der Waals surface area (Å²) in [4.78, 5) is 19.2.